The van der Waals surface area contributed by atoms with Crippen molar-refractivity contribution in [1.29, 1.82) is 0 Å². The Balaban J connectivity index is 2.03. The Bertz CT molecular complexity index is 1040. The van der Waals surface area contributed by atoms with Crippen LogP contribution in [0.15, 0.2) is 36.4 Å². The molecule has 0 fully saturated rings. The van der Waals surface area contributed by atoms with E-state index >= 15 is 0 Å². The Labute approximate surface area is 205 Å². The van der Waals surface area contributed by atoms with Gasteiger partial charge in [-0.25, -0.2) is 0 Å². The van der Waals surface area contributed by atoms with E-state index in [1.54, 1.807) is 0 Å². The number of nitrogens with one attached hydrogen (secondary N) is 2. The van der Waals surface area contributed by atoms with E-state index in [0.717, 1.165) is 0 Å². The molecule has 12 nitrogen and oxygen atoms in total. The van der Waals surface area contributed by atoms with Gasteiger partial charge in [-0.15, -0.1) is 0 Å². The number of benzene rings is 2. The molecular formula is C24H24N2O10. The molecule has 2 rings (SSSR count). The van der Waals surface area contributed by atoms with Gasteiger partial charge in [0.2, 0.25) is 0 Å². The first kappa shape index (κ1) is 27.5. The van der Waals surface area contributed by atoms with Crippen LogP contribution in [-0.4, -0.2) is 48.8 Å². The van der Waals surface area contributed by atoms with Crippen molar-refractivity contribution in [3.8, 4) is 23.0 Å². The monoisotopic (exact) mass is 500 g/mol. The van der Waals surface area contributed by atoms with Gasteiger partial charge in [-0.3, -0.25) is 28.8 Å². The van der Waals surface area contributed by atoms with Crippen LogP contribution in [0.25, 0.3) is 0 Å². The smallest absolute Gasteiger partial charge is 0.308 e. The maximum absolute atomic E-state index is 12.5. The maximum atomic E-state index is 12.5. The molecule has 0 unspecified atom stereocenters. The molecule has 0 aromatic heterocycles. The molecule has 36 heavy (non-hydrogen) atoms. The summed E-state index contributed by atoms with van der Waals surface area (Å²) in [6.07, 6.45) is 0. The molecule has 0 heterocycles. The fourth-order valence-corrected chi connectivity index (χ4v) is 2.86. The fraction of sp³-hybridized carbons (Fsp3) is 0.250. The van der Waals surface area contributed by atoms with Crippen LogP contribution in [-0.2, 0) is 19.2 Å². The van der Waals surface area contributed by atoms with Crippen LogP contribution < -0.4 is 29.6 Å². The minimum Gasteiger partial charge on any atom is -0.427 e. The zero-order chi connectivity index (χ0) is 26.8. The number of rotatable bonds is 9. The number of hydrogen-bond donors (Lipinski definition) is 2. The lowest BCUT2D eigenvalue weighted by atomic mass is 10.2. The molecule has 2 aromatic carbocycles. The van der Waals surface area contributed by atoms with Gasteiger partial charge in [0, 0.05) is 64.0 Å². The van der Waals surface area contributed by atoms with Gasteiger partial charge in [-0.1, -0.05) is 0 Å². The van der Waals surface area contributed by atoms with Crippen LogP contribution in [0.3, 0.4) is 0 Å². The lowest BCUT2D eigenvalue weighted by molar-refractivity contribution is -0.133. The third-order valence-corrected chi connectivity index (χ3v) is 4.03. The predicted octanol–water partition coefficient (Wildman–Crippen LogP) is 1.55. The number of ether oxygens (including phenoxy) is 4. The lowest BCUT2D eigenvalue weighted by Gasteiger charge is -2.11. The Kier molecular flexibility index (Phi) is 9.66. The molecule has 0 spiro atoms. The van der Waals surface area contributed by atoms with Crippen molar-refractivity contribution in [2.45, 2.75) is 27.7 Å². The van der Waals surface area contributed by atoms with Gasteiger partial charge in [0.05, 0.1) is 0 Å². The molecule has 0 aliphatic rings. The topological polar surface area (TPSA) is 163 Å². The van der Waals surface area contributed by atoms with Crippen LogP contribution in [0, 0.1) is 0 Å². The average Bonchev–Trinajstić information content (AvgIpc) is 2.74. The maximum Gasteiger partial charge on any atom is 0.308 e. The summed E-state index contributed by atoms with van der Waals surface area (Å²) in [6, 6.07) is 7.74. The zero-order valence-corrected chi connectivity index (χ0v) is 20.0. The molecule has 0 aliphatic carbocycles. The minimum absolute atomic E-state index is 0.00566. The van der Waals surface area contributed by atoms with Gasteiger partial charge in [-0.2, -0.15) is 0 Å². The van der Waals surface area contributed by atoms with Gasteiger partial charge >= 0.3 is 23.9 Å². The van der Waals surface area contributed by atoms with E-state index in [0.29, 0.717) is 0 Å². The van der Waals surface area contributed by atoms with Crippen molar-refractivity contribution < 1.29 is 47.7 Å². The van der Waals surface area contributed by atoms with Crippen molar-refractivity contribution in [2.24, 2.45) is 0 Å². The summed E-state index contributed by atoms with van der Waals surface area (Å²) in [7, 11) is 0. The molecule has 190 valence electrons. The first-order chi connectivity index (χ1) is 16.9. The lowest BCUT2D eigenvalue weighted by Crippen LogP contribution is -2.34. The normalized spacial score (nSPS) is 10.0. The molecule has 0 atom stereocenters. The van der Waals surface area contributed by atoms with Crippen LogP contribution >= 0.6 is 0 Å². The third kappa shape index (κ3) is 9.25. The van der Waals surface area contributed by atoms with Crippen molar-refractivity contribution in [3.63, 3.8) is 0 Å². The van der Waals surface area contributed by atoms with Gasteiger partial charge in [0.15, 0.2) is 0 Å². The van der Waals surface area contributed by atoms with E-state index in [-0.39, 0.29) is 47.2 Å². The molecular weight excluding hydrogens is 476 g/mol. The SMILES string of the molecule is CC(=O)Oc1cc(OC(C)=O)cc(C(=O)NCCNC(=O)c2cc(OC(C)=O)cc(OC(C)=O)c2)c1. The standard InChI is InChI=1S/C24H24N2O10/c1-13(27)33-19-7-17(8-20(11-19)34-14(2)28)23(31)25-5-6-26-24(32)18-9-21(35-15(3)29)12-22(10-18)36-16(4)30/h7-12H,5-6H2,1-4H3,(H,25,31)(H,26,32). The minimum atomic E-state index is -0.626. The second-order valence-corrected chi connectivity index (χ2v) is 7.27. The highest BCUT2D eigenvalue weighted by Crippen LogP contribution is 2.24. The summed E-state index contributed by atoms with van der Waals surface area (Å²) in [5.41, 5.74) is 0.105. The molecule has 0 radical (unpaired) electrons. The molecule has 0 saturated carbocycles. The third-order valence-electron chi connectivity index (χ3n) is 4.03. The molecule has 2 N–H and O–H groups in total. The van der Waals surface area contributed by atoms with Crippen molar-refractivity contribution in [1.82, 2.24) is 10.6 Å². The van der Waals surface area contributed by atoms with Crippen molar-refractivity contribution in [3.05, 3.63) is 47.5 Å². The fourth-order valence-electron chi connectivity index (χ4n) is 2.86. The summed E-state index contributed by atoms with van der Waals surface area (Å²) in [6.45, 7) is 4.73. The van der Waals surface area contributed by atoms with Gasteiger partial charge in [0.1, 0.15) is 23.0 Å². The molecule has 2 aromatic rings. The number of carbonyl (C=O) groups is 6. The number of hydrogen-bond acceptors (Lipinski definition) is 10. The molecule has 0 aliphatic heterocycles. The van der Waals surface area contributed by atoms with Crippen molar-refractivity contribution >= 4 is 35.7 Å². The highest BCUT2D eigenvalue weighted by Gasteiger charge is 2.14. The summed E-state index contributed by atoms with van der Waals surface area (Å²) < 4.78 is 19.9. The van der Waals surface area contributed by atoms with E-state index in [9.17, 15) is 28.8 Å². The second-order valence-electron chi connectivity index (χ2n) is 7.27. The summed E-state index contributed by atoms with van der Waals surface area (Å²) in [4.78, 5) is 70.0. The Morgan fingerprint density at radius 2 is 0.750 bits per heavy atom. The Hall–Kier alpha value is -4.74. The number of amides is 2. The molecule has 2 amide bonds. The Morgan fingerprint density at radius 3 is 0.972 bits per heavy atom. The molecule has 12 heteroatoms. The van der Waals surface area contributed by atoms with Crippen LogP contribution in [0.4, 0.5) is 0 Å². The summed E-state index contributed by atoms with van der Waals surface area (Å²) in [5, 5.41) is 5.14. The zero-order valence-electron chi connectivity index (χ0n) is 20.0. The van der Waals surface area contributed by atoms with Gasteiger partial charge in [-0.05, 0) is 24.3 Å². The molecule has 0 bridgehead atoms. The van der Waals surface area contributed by atoms with Gasteiger partial charge < -0.3 is 29.6 Å². The van der Waals surface area contributed by atoms with E-state index in [4.69, 9.17) is 18.9 Å². The van der Waals surface area contributed by atoms with Crippen molar-refractivity contribution in [2.75, 3.05) is 13.1 Å². The quantitative estimate of drug-likeness (QED) is 0.293. The Morgan fingerprint density at radius 1 is 0.500 bits per heavy atom. The average molecular weight is 500 g/mol. The number of carbonyl (C=O) groups excluding carboxylic acids is 6. The van der Waals surface area contributed by atoms with Crippen LogP contribution in [0.5, 0.6) is 23.0 Å². The first-order valence-electron chi connectivity index (χ1n) is 10.5. The highest BCUT2D eigenvalue weighted by atomic mass is 16.6. The molecule has 0 saturated heterocycles. The largest absolute Gasteiger partial charge is 0.427 e. The van der Waals surface area contributed by atoms with E-state index < -0.39 is 35.7 Å². The number of esters is 4. The summed E-state index contributed by atoms with van der Waals surface area (Å²) >= 11 is 0. The second kappa shape index (κ2) is 12.6. The summed E-state index contributed by atoms with van der Waals surface area (Å²) in [5.74, 6) is -3.63. The highest BCUT2D eigenvalue weighted by molar-refractivity contribution is 5.96. The van der Waals surface area contributed by atoms with Gasteiger partial charge in [0.25, 0.3) is 11.8 Å². The first-order valence-corrected chi connectivity index (χ1v) is 10.5. The van der Waals surface area contributed by atoms with Crippen LogP contribution in [0.1, 0.15) is 48.4 Å². The predicted molar refractivity (Wildman–Crippen MR) is 123 cm³/mol. The van der Waals surface area contributed by atoms with E-state index in [1.165, 1.54) is 64.1 Å². The van der Waals surface area contributed by atoms with E-state index in [1.807, 2.05) is 0 Å². The van der Waals surface area contributed by atoms with E-state index in [2.05, 4.69) is 10.6 Å². The van der Waals surface area contributed by atoms with Crippen LogP contribution in [0.2, 0.25) is 0 Å².